The molecule has 0 saturated heterocycles. The first-order valence-corrected chi connectivity index (χ1v) is 6.95. The lowest BCUT2D eigenvalue weighted by Gasteiger charge is -2.15. The number of carbonyl (C=O) groups is 1. The van der Waals surface area contributed by atoms with Gasteiger partial charge in [0.25, 0.3) is 0 Å². The predicted octanol–water partition coefficient (Wildman–Crippen LogP) is 3.55. The molecule has 1 aromatic carbocycles. The van der Waals surface area contributed by atoms with Crippen molar-refractivity contribution in [2.75, 3.05) is 12.4 Å². The molecule has 2 aromatic rings. The molecule has 0 bridgehead atoms. The van der Waals surface area contributed by atoms with Gasteiger partial charge in [0.1, 0.15) is 5.82 Å². The van der Waals surface area contributed by atoms with E-state index in [1.165, 1.54) is 19.2 Å². The fourth-order valence-corrected chi connectivity index (χ4v) is 2.51. The van der Waals surface area contributed by atoms with Crippen molar-refractivity contribution in [1.29, 1.82) is 0 Å². The second kappa shape index (κ2) is 6.00. The van der Waals surface area contributed by atoms with Crippen LogP contribution in [0.1, 0.15) is 34.0 Å². The number of methoxy groups -OCH3 is 1. The Morgan fingerprint density at radius 2 is 2.25 bits per heavy atom. The first kappa shape index (κ1) is 14.5. The smallest absolute Gasteiger partial charge is 0.340 e. The van der Waals surface area contributed by atoms with Gasteiger partial charge in [-0.05, 0) is 32.0 Å². The third kappa shape index (κ3) is 3.14. The number of rotatable bonds is 4. The van der Waals surface area contributed by atoms with Crippen molar-refractivity contribution >= 4 is 23.0 Å². The zero-order chi connectivity index (χ0) is 14.7. The van der Waals surface area contributed by atoms with Gasteiger partial charge in [0.05, 0.1) is 29.4 Å². The van der Waals surface area contributed by atoms with Crippen LogP contribution in [0.4, 0.5) is 10.1 Å². The molecule has 1 aromatic heterocycles. The quantitative estimate of drug-likeness (QED) is 0.876. The van der Waals surface area contributed by atoms with Crippen LogP contribution in [0.2, 0.25) is 0 Å². The summed E-state index contributed by atoms with van der Waals surface area (Å²) in [5.41, 5.74) is 1.58. The molecule has 0 saturated carbocycles. The minimum atomic E-state index is -0.575. The highest BCUT2D eigenvalue weighted by atomic mass is 32.1. The molecule has 0 spiro atoms. The van der Waals surface area contributed by atoms with E-state index in [0.717, 1.165) is 16.8 Å². The Kier molecular flexibility index (Phi) is 4.34. The zero-order valence-corrected chi connectivity index (χ0v) is 12.3. The van der Waals surface area contributed by atoms with Gasteiger partial charge in [0, 0.05) is 11.1 Å². The lowest BCUT2D eigenvalue weighted by atomic mass is 10.1. The number of ether oxygens (including phenoxy) is 1. The van der Waals surface area contributed by atoms with Gasteiger partial charge in [0.2, 0.25) is 0 Å². The minimum Gasteiger partial charge on any atom is -0.465 e. The molecular formula is C14H15FN2O2S. The number of aromatic nitrogens is 1. The van der Waals surface area contributed by atoms with E-state index in [1.54, 1.807) is 11.3 Å². The number of halogens is 1. The molecule has 106 valence electrons. The van der Waals surface area contributed by atoms with Gasteiger partial charge in [0.15, 0.2) is 0 Å². The van der Waals surface area contributed by atoms with Crippen molar-refractivity contribution in [3.05, 3.63) is 45.7 Å². The Morgan fingerprint density at radius 1 is 1.50 bits per heavy atom. The maximum absolute atomic E-state index is 13.3. The number of benzene rings is 1. The SMILES string of the molecule is COC(=O)c1cc(F)ccc1NC(C)c1csc(C)n1. The fraction of sp³-hybridized carbons (Fsp3) is 0.286. The molecule has 1 heterocycles. The van der Waals surface area contributed by atoms with Crippen LogP contribution in [0.15, 0.2) is 23.6 Å². The van der Waals surface area contributed by atoms with Gasteiger partial charge < -0.3 is 10.1 Å². The molecule has 6 heteroatoms. The van der Waals surface area contributed by atoms with Crippen molar-refractivity contribution in [1.82, 2.24) is 4.98 Å². The molecule has 1 N–H and O–H groups in total. The summed E-state index contributed by atoms with van der Waals surface area (Å²) in [6.45, 7) is 3.86. The van der Waals surface area contributed by atoms with Gasteiger partial charge in [-0.1, -0.05) is 0 Å². The number of hydrogen-bond donors (Lipinski definition) is 1. The van der Waals surface area contributed by atoms with Crippen LogP contribution in [-0.4, -0.2) is 18.1 Å². The lowest BCUT2D eigenvalue weighted by molar-refractivity contribution is 0.0601. The van der Waals surface area contributed by atoms with Crippen molar-refractivity contribution in [2.45, 2.75) is 19.9 Å². The van der Waals surface area contributed by atoms with Crippen LogP contribution in [0.25, 0.3) is 0 Å². The van der Waals surface area contributed by atoms with Crippen molar-refractivity contribution < 1.29 is 13.9 Å². The number of hydrogen-bond acceptors (Lipinski definition) is 5. The molecule has 4 nitrogen and oxygen atoms in total. The molecule has 20 heavy (non-hydrogen) atoms. The topological polar surface area (TPSA) is 51.2 Å². The fourth-order valence-electron chi connectivity index (χ4n) is 1.81. The van der Waals surface area contributed by atoms with Crippen LogP contribution in [0, 0.1) is 12.7 Å². The Labute approximate surface area is 120 Å². The molecular weight excluding hydrogens is 279 g/mol. The van der Waals surface area contributed by atoms with Gasteiger partial charge in [-0.15, -0.1) is 11.3 Å². The van der Waals surface area contributed by atoms with Crippen molar-refractivity contribution in [2.24, 2.45) is 0 Å². The number of aryl methyl sites for hydroxylation is 1. The highest BCUT2D eigenvalue weighted by Gasteiger charge is 2.16. The molecule has 2 rings (SSSR count). The van der Waals surface area contributed by atoms with Crippen LogP contribution in [0.5, 0.6) is 0 Å². The van der Waals surface area contributed by atoms with E-state index in [1.807, 2.05) is 19.2 Å². The first-order valence-electron chi connectivity index (χ1n) is 6.07. The second-order valence-corrected chi connectivity index (χ2v) is 5.40. The number of nitrogens with one attached hydrogen (secondary N) is 1. The van der Waals surface area contributed by atoms with Crippen molar-refractivity contribution in [3.8, 4) is 0 Å². The minimum absolute atomic E-state index is 0.0891. The maximum atomic E-state index is 13.3. The summed E-state index contributed by atoms with van der Waals surface area (Å²) >= 11 is 1.56. The van der Waals surface area contributed by atoms with E-state index in [4.69, 9.17) is 0 Å². The molecule has 0 aliphatic rings. The molecule has 0 aliphatic heterocycles. The number of carbonyl (C=O) groups excluding carboxylic acids is 1. The number of thiazole rings is 1. The number of esters is 1. The zero-order valence-electron chi connectivity index (χ0n) is 11.4. The van der Waals surface area contributed by atoms with E-state index in [9.17, 15) is 9.18 Å². The Balaban J connectivity index is 2.26. The van der Waals surface area contributed by atoms with E-state index < -0.39 is 11.8 Å². The molecule has 0 aliphatic carbocycles. The number of anilines is 1. The van der Waals surface area contributed by atoms with Gasteiger partial charge in [-0.3, -0.25) is 0 Å². The summed E-state index contributed by atoms with van der Waals surface area (Å²) in [7, 11) is 1.27. The molecule has 1 atom stereocenters. The van der Waals surface area contributed by atoms with Gasteiger partial charge in [-0.25, -0.2) is 14.2 Å². The summed E-state index contributed by atoms with van der Waals surface area (Å²) in [6, 6.07) is 3.90. The van der Waals surface area contributed by atoms with Crippen LogP contribution >= 0.6 is 11.3 Å². The van der Waals surface area contributed by atoms with E-state index in [-0.39, 0.29) is 11.6 Å². The van der Waals surface area contributed by atoms with E-state index in [2.05, 4.69) is 15.0 Å². The number of nitrogens with zero attached hydrogens (tertiary/aromatic N) is 1. The highest BCUT2D eigenvalue weighted by Crippen LogP contribution is 2.24. The standard InChI is InChI=1S/C14H15FN2O2S/c1-8(13-7-20-9(2)17-13)16-12-5-4-10(15)6-11(12)14(18)19-3/h4-8,16H,1-3H3. The molecule has 0 radical (unpaired) electrons. The third-order valence-electron chi connectivity index (χ3n) is 2.84. The van der Waals surface area contributed by atoms with E-state index >= 15 is 0 Å². The monoisotopic (exact) mass is 294 g/mol. The van der Waals surface area contributed by atoms with Gasteiger partial charge in [-0.2, -0.15) is 0 Å². The van der Waals surface area contributed by atoms with Crippen LogP contribution < -0.4 is 5.32 Å². The molecule has 1 unspecified atom stereocenters. The normalized spacial score (nSPS) is 12.0. The van der Waals surface area contributed by atoms with Crippen LogP contribution in [-0.2, 0) is 4.74 Å². The summed E-state index contributed by atoms with van der Waals surface area (Å²) in [4.78, 5) is 16.1. The summed E-state index contributed by atoms with van der Waals surface area (Å²) in [5.74, 6) is -1.05. The van der Waals surface area contributed by atoms with Crippen LogP contribution in [0.3, 0.4) is 0 Å². The molecule has 0 amide bonds. The third-order valence-corrected chi connectivity index (χ3v) is 3.63. The Hall–Kier alpha value is -1.95. The van der Waals surface area contributed by atoms with Crippen molar-refractivity contribution in [3.63, 3.8) is 0 Å². The second-order valence-electron chi connectivity index (χ2n) is 4.34. The first-order chi connectivity index (χ1) is 9.51. The average Bonchev–Trinajstić information content (AvgIpc) is 2.86. The predicted molar refractivity (Wildman–Crippen MR) is 76.6 cm³/mol. The van der Waals surface area contributed by atoms with E-state index in [0.29, 0.717) is 5.69 Å². The summed E-state index contributed by atoms with van der Waals surface area (Å²) < 4.78 is 17.9. The Bertz CT molecular complexity index is 627. The van der Waals surface area contributed by atoms with Gasteiger partial charge >= 0.3 is 5.97 Å². The maximum Gasteiger partial charge on any atom is 0.340 e. The highest BCUT2D eigenvalue weighted by molar-refractivity contribution is 7.09. The Morgan fingerprint density at radius 3 is 2.85 bits per heavy atom. The lowest BCUT2D eigenvalue weighted by Crippen LogP contribution is -2.12. The summed E-state index contributed by atoms with van der Waals surface area (Å²) in [6.07, 6.45) is 0. The summed E-state index contributed by atoms with van der Waals surface area (Å²) in [5, 5.41) is 6.09. The largest absolute Gasteiger partial charge is 0.465 e. The average molecular weight is 294 g/mol. The molecule has 0 fully saturated rings.